The lowest BCUT2D eigenvalue weighted by Crippen LogP contribution is -2.29. The number of alkyl halides is 3. The summed E-state index contributed by atoms with van der Waals surface area (Å²) in [6.45, 7) is 0. The van der Waals surface area contributed by atoms with E-state index in [1.165, 1.54) is 43.4 Å². The Morgan fingerprint density at radius 2 is 1.66 bits per heavy atom. The first kappa shape index (κ1) is 24.5. The highest BCUT2D eigenvalue weighted by molar-refractivity contribution is 7.92. The van der Waals surface area contributed by atoms with E-state index in [9.17, 15) is 26.4 Å². The lowest BCUT2D eigenvalue weighted by atomic mass is 10.1. The number of rotatable bonds is 6. The SMILES string of the molecule is Cn1ccc(C(Oc2nc3ccccc3nc2NS(=O)(=O)c2ccccc2Cl)C(F)(F)F)cc1=O. The summed E-state index contributed by atoms with van der Waals surface area (Å²) >= 11 is 5.99. The highest BCUT2D eigenvalue weighted by Crippen LogP contribution is 2.38. The second-order valence-corrected chi connectivity index (χ2v) is 9.41. The Morgan fingerprint density at radius 1 is 1.03 bits per heavy atom. The van der Waals surface area contributed by atoms with Crippen LogP contribution in [0.1, 0.15) is 11.7 Å². The van der Waals surface area contributed by atoms with Gasteiger partial charge in [0, 0.05) is 24.9 Å². The van der Waals surface area contributed by atoms with Crippen molar-refractivity contribution in [3.05, 3.63) is 87.8 Å². The zero-order valence-electron chi connectivity index (χ0n) is 17.8. The van der Waals surface area contributed by atoms with Crippen molar-refractivity contribution in [1.82, 2.24) is 14.5 Å². The van der Waals surface area contributed by atoms with E-state index >= 15 is 0 Å². The summed E-state index contributed by atoms with van der Waals surface area (Å²) in [6.07, 6.45) is -6.44. The van der Waals surface area contributed by atoms with E-state index in [2.05, 4.69) is 14.7 Å². The first-order chi connectivity index (χ1) is 16.5. The standard InChI is InChI=1S/C22H16ClF3N4O4S/c1-30-11-10-13(12-18(30)31)19(22(24,25)26)34-21-20(27-15-7-3-4-8-16(15)28-21)29-35(32,33)17-9-5-2-6-14(17)23/h2-12,19H,1H3,(H,27,29). The Morgan fingerprint density at radius 3 is 2.29 bits per heavy atom. The Kier molecular flexibility index (Phi) is 6.43. The number of fused-ring (bicyclic) bond motifs is 1. The highest BCUT2D eigenvalue weighted by Gasteiger charge is 2.44. The number of sulfonamides is 1. The molecule has 0 saturated carbocycles. The van der Waals surface area contributed by atoms with E-state index in [-0.39, 0.29) is 21.0 Å². The molecule has 1 atom stereocenters. The van der Waals surface area contributed by atoms with Crippen LogP contribution in [0.25, 0.3) is 11.0 Å². The van der Waals surface area contributed by atoms with E-state index < -0.39 is 45.1 Å². The van der Waals surface area contributed by atoms with Crippen LogP contribution in [0.5, 0.6) is 5.88 Å². The minimum Gasteiger partial charge on any atom is -0.457 e. The summed E-state index contributed by atoms with van der Waals surface area (Å²) in [4.78, 5) is 19.8. The Hall–Kier alpha value is -3.64. The number of ether oxygens (including phenoxy) is 1. The number of nitrogens with zero attached hydrogens (tertiary/aromatic N) is 3. The number of halogens is 4. The first-order valence-corrected chi connectivity index (χ1v) is 11.8. The molecule has 13 heteroatoms. The van der Waals surface area contributed by atoms with Crippen molar-refractivity contribution in [3.63, 3.8) is 0 Å². The van der Waals surface area contributed by atoms with Gasteiger partial charge in [-0.05, 0) is 30.3 Å². The van der Waals surface area contributed by atoms with Gasteiger partial charge in [-0.3, -0.25) is 9.52 Å². The molecule has 2 aromatic heterocycles. The fraction of sp³-hybridized carbons (Fsp3) is 0.136. The topological polar surface area (TPSA) is 103 Å². The molecule has 0 aliphatic carbocycles. The number of aryl methyl sites for hydroxylation is 1. The van der Waals surface area contributed by atoms with Gasteiger partial charge in [-0.2, -0.15) is 13.2 Å². The van der Waals surface area contributed by atoms with E-state index in [4.69, 9.17) is 16.3 Å². The molecule has 0 bridgehead atoms. The molecule has 1 N–H and O–H groups in total. The molecular weight excluding hydrogens is 509 g/mol. The van der Waals surface area contributed by atoms with Crippen molar-refractivity contribution in [2.75, 3.05) is 4.72 Å². The largest absolute Gasteiger partial charge is 0.457 e. The van der Waals surface area contributed by atoms with Crippen molar-refractivity contribution >= 4 is 38.5 Å². The maximum atomic E-state index is 14.0. The quantitative estimate of drug-likeness (QED) is 0.399. The normalized spacial score (nSPS) is 12.9. The summed E-state index contributed by atoms with van der Waals surface area (Å²) in [5, 5.41) is -0.107. The molecule has 0 amide bonds. The fourth-order valence-electron chi connectivity index (χ4n) is 3.14. The van der Waals surface area contributed by atoms with Crippen molar-refractivity contribution < 1.29 is 26.3 Å². The minimum atomic E-state index is -4.97. The first-order valence-electron chi connectivity index (χ1n) is 9.90. The smallest absolute Gasteiger partial charge is 0.429 e. The molecule has 4 aromatic rings. The summed E-state index contributed by atoms with van der Waals surface area (Å²) < 4.78 is 76.3. The van der Waals surface area contributed by atoms with Gasteiger partial charge in [0.25, 0.3) is 21.5 Å². The van der Waals surface area contributed by atoms with Gasteiger partial charge in [-0.15, -0.1) is 0 Å². The maximum absolute atomic E-state index is 14.0. The molecule has 182 valence electrons. The van der Waals surface area contributed by atoms with Crippen LogP contribution in [-0.2, 0) is 17.1 Å². The van der Waals surface area contributed by atoms with Crippen LogP contribution >= 0.6 is 11.6 Å². The second-order valence-electron chi connectivity index (χ2n) is 7.35. The number of hydrogen-bond acceptors (Lipinski definition) is 6. The van der Waals surface area contributed by atoms with Crippen LogP contribution in [0.15, 0.2) is 76.6 Å². The summed E-state index contributed by atoms with van der Waals surface area (Å²) in [7, 11) is -3.00. The molecule has 1 unspecified atom stereocenters. The van der Waals surface area contributed by atoms with Gasteiger partial charge < -0.3 is 9.30 Å². The summed E-state index contributed by atoms with van der Waals surface area (Å²) in [6, 6.07) is 13.5. The molecule has 2 heterocycles. The van der Waals surface area contributed by atoms with Crippen LogP contribution in [0.4, 0.5) is 19.0 Å². The van der Waals surface area contributed by atoms with Gasteiger partial charge in [0.05, 0.1) is 16.1 Å². The zero-order chi connectivity index (χ0) is 25.4. The summed E-state index contributed by atoms with van der Waals surface area (Å²) in [5.41, 5.74) is -0.818. The summed E-state index contributed by atoms with van der Waals surface area (Å²) in [5.74, 6) is -1.32. The predicted molar refractivity (Wildman–Crippen MR) is 123 cm³/mol. The van der Waals surface area contributed by atoms with Gasteiger partial charge in [0.2, 0.25) is 11.9 Å². The average Bonchev–Trinajstić information content (AvgIpc) is 2.78. The molecular formula is C22H16ClF3N4O4S. The predicted octanol–water partition coefficient (Wildman–Crippen LogP) is 4.47. The van der Waals surface area contributed by atoms with Crippen molar-refractivity contribution in [1.29, 1.82) is 0 Å². The molecule has 4 rings (SSSR count). The number of anilines is 1. The molecule has 0 fully saturated rings. The molecule has 0 radical (unpaired) electrons. The molecule has 8 nitrogen and oxygen atoms in total. The van der Waals surface area contributed by atoms with Crippen LogP contribution in [0.3, 0.4) is 0 Å². The van der Waals surface area contributed by atoms with Gasteiger partial charge >= 0.3 is 6.18 Å². The lowest BCUT2D eigenvalue weighted by Gasteiger charge is -2.23. The zero-order valence-corrected chi connectivity index (χ0v) is 19.4. The number of benzene rings is 2. The second kappa shape index (κ2) is 9.19. The monoisotopic (exact) mass is 524 g/mol. The van der Waals surface area contributed by atoms with Crippen molar-refractivity contribution in [2.24, 2.45) is 7.05 Å². The van der Waals surface area contributed by atoms with Gasteiger partial charge in [0.15, 0.2) is 0 Å². The fourth-order valence-corrected chi connectivity index (χ4v) is 4.66. The Labute approximate surface area is 202 Å². The average molecular weight is 525 g/mol. The lowest BCUT2D eigenvalue weighted by molar-refractivity contribution is -0.198. The van der Waals surface area contributed by atoms with Gasteiger partial charge in [-0.1, -0.05) is 35.9 Å². The molecule has 2 aromatic carbocycles. The molecule has 35 heavy (non-hydrogen) atoms. The third-order valence-corrected chi connectivity index (χ3v) is 6.69. The van der Waals surface area contributed by atoms with Crippen molar-refractivity contribution in [3.8, 4) is 5.88 Å². The van der Waals surface area contributed by atoms with Crippen LogP contribution in [-0.4, -0.2) is 29.1 Å². The van der Waals surface area contributed by atoms with E-state index in [0.29, 0.717) is 0 Å². The third kappa shape index (κ3) is 5.23. The van der Waals surface area contributed by atoms with Crippen LogP contribution in [0.2, 0.25) is 5.02 Å². The highest BCUT2D eigenvalue weighted by atomic mass is 35.5. The molecule has 0 aliphatic rings. The van der Waals surface area contributed by atoms with Crippen LogP contribution < -0.4 is 15.0 Å². The number of para-hydroxylation sites is 2. The number of pyridine rings is 1. The number of hydrogen-bond donors (Lipinski definition) is 1. The molecule has 0 spiro atoms. The van der Waals surface area contributed by atoms with Gasteiger partial charge in [-0.25, -0.2) is 18.4 Å². The molecule has 0 saturated heterocycles. The minimum absolute atomic E-state index is 0.107. The van der Waals surface area contributed by atoms with E-state index in [0.717, 1.165) is 22.9 Å². The molecule has 0 aliphatic heterocycles. The number of aromatic nitrogens is 3. The number of nitrogens with one attached hydrogen (secondary N) is 1. The van der Waals surface area contributed by atoms with Crippen LogP contribution in [0, 0.1) is 0 Å². The van der Waals surface area contributed by atoms with E-state index in [1.54, 1.807) is 12.1 Å². The van der Waals surface area contributed by atoms with Crippen molar-refractivity contribution in [2.45, 2.75) is 17.2 Å². The third-order valence-electron chi connectivity index (χ3n) is 4.85. The van der Waals surface area contributed by atoms with Gasteiger partial charge in [0.1, 0.15) is 4.90 Å². The maximum Gasteiger partial charge on any atom is 0.429 e. The Balaban J connectivity index is 1.84. The van der Waals surface area contributed by atoms with E-state index in [1.807, 2.05) is 0 Å². The Bertz CT molecular complexity index is 1580.